The largest absolute Gasteiger partial charge is 0.489 e. The number of hydrogen-bond acceptors (Lipinski definition) is 8. The zero-order chi connectivity index (χ0) is 19.6. The molecule has 9 heteroatoms. The second-order valence-electron chi connectivity index (χ2n) is 6.25. The van der Waals surface area contributed by atoms with Crippen LogP contribution in [-0.4, -0.2) is 47.2 Å². The van der Waals surface area contributed by atoms with Crippen molar-refractivity contribution in [2.45, 2.75) is 32.4 Å². The van der Waals surface area contributed by atoms with Crippen LogP contribution in [0.3, 0.4) is 0 Å². The molecule has 0 amide bonds. The van der Waals surface area contributed by atoms with E-state index in [4.69, 9.17) is 26.9 Å². The van der Waals surface area contributed by atoms with Crippen LogP contribution in [0.1, 0.15) is 18.9 Å². The van der Waals surface area contributed by atoms with Gasteiger partial charge in [-0.25, -0.2) is 5.84 Å². The molecule has 2 atom stereocenters. The zero-order valence-electron chi connectivity index (χ0n) is 15.5. The third-order valence-electron chi connectivity index (χ3n) is 3.81. The standard InChI is InChI=1S/C18H26ClN5O3/c1-12-3-4-15(19)16(9-12)27-11-14(25)10-21-13(2)7-8-26-18-6-5-17(22-20)23-24-18/h3-6,9,13-14,21,25H,7-8,10-11,20H2,1-2H3,(H,22,23). The maximum Gasteiger partial charge on any atom is 0.233 e. The molecule has 27 heavy (non-hydrogen) atoms. The van der Waals surface area contributed by atoms with Crippen molar-refractivity contribution >= 4 is 17.4 Å². The van der Waals surface area contributed by atoms with Gasteiger partial charge in [-0.15, -0.1) is 10.2 Å². The fraction of sp³-hybridized carbons (Fsp3) is 0.444. The first-order valence-electron chi connectivity index (χ1n) is 8.71. The van der Waals surface area contributed by atoms with Crippen molar-refractivity contribution in [3.05, 3.63) is 40.9 Å². The van der Waals surface area contributed by atoms with Gasteiger partial charge in [-0.3, -0.25) is 0 Å². The molecular formula is C18H26ClN5O3. The monoisotopic (exact) mass is 395 g/mol. The number of hydrazine groups is 1. The molecular weight excluding hydrogens is 370 g/mol. The number of nitrogens with zero attached hydrogens (tertiary/aromatic N) is 2. The van der Waals surface area contributed by atoms with Crippen LogP contribution >= 0.6 is 11.6 Å². The molecule has 0 aliphatic carbocycles. The molecule has 0 radical (unpaired) electrons. The van der Waals surface area contributed by atoms with E-state index in [-0.39, 0.29) is 12.6 Å². The van der Waals surface area contributed by atoms with Gasteiger partial charge >= 0.3 is 0 Å². The van der Waals surface area contributed by atoms with E-state index in [9.17, 15) is 5.11 Å². The smallest absolute Gasteiger partial charge is 0.233 e. The number of aliphatic hydroxyl groups excluding tert-OH is 1. The van der Waals surface area contributed by atoms with Gasteiger partial charge in [0.05, 0.1) is 11.6 Å². The lowest BCUT2D eigenvalue weighted by Crippen LogP contribution is -2.37. The van der Waals surface area contributed by atoms with Crippen LogP contribution in [0.15, 0.2) is 30.3 Å². The molecule has 1 aromatic carbocycles. The van der Waals surface area contributed by atoms with Gasteiger partial charge in [0.1, 0.15) is 18.5 Å². The number of nitrogen functional groups attached to an aromatic ring is 1. The minimum atomic E-state index is -0.646. The van der Waals surface area contributed by atoms with Crippen molar-refractivity contribution in [1.82, 2.24) is 15.5 Å². The van der Waals surface area contributed by atoms with Gasteiger partial charge < -0.3 is 25.3 Å². The molecule has 0 fully saturated rings. The van der Waals surface area contributed by atoms with Gasteiger partial charge in [0.15, 0.2) is 5.82 Å². The molecule has 0 bridgehead atoms. The van der Waals surface area contributed by atoms with Crippen molar-refractivity contribution in [3.63, 3.8) is 0 Å². The van der Waals surface area contributed by atoms with E-state index in [1.807, 2.05) is 26.0 Å². The lowest BCUT2D eigenvalue weighted by molar-refractivity contribution is 0.103. The van der Waals surface area contributed by atoms with Gasteiger partial charge in [-0.2, -0.15) is 0 Å². The zero-order valence-corrected chi connectivity index (χ0v) is 16.2. The quantitative estimate of drug-likeness (QED) is 0.337. The fourth-order valence-corrected chi connectivity index (χ4v) is 2.39. The van der Waals surface area contributed by atoms with E-state index >= 15 is 0 Å². The lowest BCUT2D eigenvalue weighted by atomic mass is 10.2. The van der Waals surface area contributed by atoms with Gasteiger partial charge in [0.2, 0.25) is 5.88 Å². The number of rotatable bonds is 11. The molecule has 1 aromatic heterocycles. The molecule has 5 N–H and O–H groups in total. The summed E-state index contributed by atoms with van der Waals surface area (Å²) in [5, 5.41) is 21.6. The first kappa shape index (κ1) is 21.2. The molecule has 148 valence electrons. The van der Waals surface area contributed by atoms with Crippen molar-refractivity contribution in [1.29, 1.82) is 0 Å². The Bertz CT molecular complexity index is 702. The molecule has 0 saturated heterocycles. The average Bonchev–Trinajstić information content (AvgIpc) is 2.67. The molecule has 0 aliphatic rings. The second kappa shape index (κ2) is 10.9. The summed E-state index contributed by atoms with van der Waals surface area (Å²) in [6, 6.07) is 9.07. The Morgan fingerprint density at radius 3 is 2.74 bits per heavy atom. The number of nitrogens with one attached hydrogen (secondary N) is 2. The summed E-state index contributed by atoms with van der Waals surface area (Å²) < 4.78 is 11.1. The molecule has 8 nitrogen and oxygen atoms in total. The minimum absolute atomic E-state index is 0.153. The Kier molecular flexibility index (Phi) is 8.53. The van der Waals surface area contributed by atoms with E-state index < -0.39 is 6.10 Å². The molecule has 1 heterocycles. The number of aromatic nitrogens is 2. The van der Waals surface area contributed by atoms with Crippen molar-refractivity contribution < 1.29 is 14.6 Å². The summed E-state index contributed by atoms with van der Waals surface area (Å²) in [6.45, 7) is 5.02. The number of halogens is 1. The Labute approximate surface area is 164 Å². The van der Waals surface area contributed by atoms with Crippen molar-refractivity contribution in [2.75, 3.05) is 25.2 Å². The van der Waals surface area contributed by atoms with Gasteiger partial charge in [-0.05, 0) is 44.0 Å². The fourth-order valence-electron chi connectivity index (χ4n) is 2.22. The maximum absolute atomic E-state index is 10.1. The molecule has 0 saturated carbocycles. The highest BCUT2D eigenvalue weighted by Gasteiger charge is 2.10. The highest BCUT2D eigenvalue weighted by Crippen LogP contribution is 2.25. The summed E-state index contributed by atoms with van der Waals surface area (Å²) in [6.07, 6.45) is 0.0997. The molecule has 0 aliphatic heterocycles. The summed E-state index contributed by atoms with van der Waals surface area (Å²) in [5.41, 5.74) is 3.45. The number of anilines is 1. The van der Waals surface area contributed by atoms with Gasteiger partial charge in [0.25, 0.3) is 0 Å². The molecule has 2 rings (SSSR count). The first-order chi connectivity index (χ1) is 13.0. The van der Waals surface area contributed by atoms with Crippen molar-refractivity contribution in [3.8, 4) is 11.6 Å². The summed E-state index contributed by atoms with van der Waals surface area (Å²) in [5.74, 6) is 6.71. The highest BCUT2D eigenvalue weighted by molar-refractivity contribution is 6.32. The van der Waals surface area contributed by atoms with E-state index in [1.54, 1.807) is 18.2 Å². The predicted octanol–water partition coefficient (Wildman–Crippen LogP) is 1.91. The Balaban J connectivity index is 1.62. The number of aliphatic hydroxyl groups is 1. The van der Waals surface area contributed by atoms with Gasteiger partial charge in [-0.1, -0.05) is 17.7 Å². The first-order valence-corrected chi connectivity index (χ1v) is 9.09. The summed E-state index contributed by atoms with van der Waals surface area (Å²) in [4.78, 5) is 0. The number of ether oxygens (including phenoxy) is 2. The third-order valence-corrected chi connectivity index (χ3v) is 4.12. The number of nitrogens with two attached hydrogens (primary N) is 1. The lowest BCUT2D eigenvalue weighted by Gasteiger charge is -2.18. The average molecular weight is 396 g/mol. The normalized spacial score (nSPS) is 13.1. The Hall–Kier alpha value is -2.13. The van der Waals surface area contributed by atoms with Crippen LogP contribution < -0.4 is 26.1 Å². The topological polar surface area (TPSA) is 115 Å². The third kappa shape index (κ3) is 7.56. The molecule has 2 aromatic rings. The van der Waals surface area contributed by atoms with E-state index in [2.05, 4.69) is 20.9 Å². The van der Waals surface area contributed by atoms with Gasteiger partial charge in [0, 0.05) is 18.7 Å². The number of aryl methyl sites for hydroxylation is 1. The van der Waals surface area contributed by atoms with E-state index in [0.29, 0.717) is 35.6 Å². The Morgan fingerprint density at radius 1 is 1.22 bits per heavy atom. The number of hydrogen-bond donors (Lipinski definition) is 4. The van der Waals surface area contributed by atoms with Crippen LogP contribution in [0.5, 0.6) is 11.6 Å². The van der Waals surface area contributed by atoms with E-state index in [1.165, 1.54) is 0 Å². The molecule has 0 spiro atoms. The van der Waals surface area contributed by atoms with Crippen LogP contribution in [0, 0.1) is 6.92 Å². The highest BCUT2D eigenvalue weighted by atomic mass is 35.5. The van der Waals surface area contributed by atoms with Crippen LogP contribution in [-0.2, 0) is 0 Å². The van der Waals surface area contributed by atoms with E-state index in [0.717, 1.165) is 12.0 Å². The maximum atomic E-state index is 10.1. The van der Waals surface area contributed by atoms with Crippen molar-refractivity contribution in [2.24, 2.45) is 5.84 Å². The molecule has 2 unspecified atom stereocenters. The van der Waals surface area contributed by atoms with Crippen LogP contribution in [0.4, 0.5) is 5.82 Å². The SMILES string of the molecule is Cc1ccc(Cl)c(OCC(O)CNC(C)CCOc2ccc(NN)nn2)c1. The second-order valence-corrected chi connectivity index (χ2v) is 6.65. The Morgan fingerprint density at radius 2 is 2.04 bits per heavy atom. The minimum Gasteiger partial charge on any atom is -0.489 e. The van der Waals surface area contributed by atoms with Crippen LogP contribution in [0.2, 0.25) is 5.02 Å². The predicted molar refractivity (Wildman–Crippen MR) is 105 cm³/mol. The van der Waals surface area contributed by atoms with Crippen LogP contribution in [0.25, 0.3) is 0 Å². The number of benzene rings is 1. The summed E-state index contributed by atoms with van der Waals surface area (Å²) in [7, 11) is 0. The summed E-state index contributed by atoms with van der Waals surface area (Å²) >= 11 is 6.08.